The molecule has 0 aliphatic carbocycles. The monoisotopic (exact) mass is 523 g/mol. The van der Waals surface area contributed by atoms with E-state index in [9.17, 15) is 4.79 Å². The fourth-order valence-electron chi connectivity index (χ4n) is 4.34. The van der Waals surface area contributed by atoms with Crippen molar-refractivity contribution in [2.75, 3.05) is 50.6 Å². The molecule has 1 amide bonds. The predicted octanol–water partition coefficient (Wildman–Crippen LogP) is 4.53. The molecule has 1 aromatic heterocycles. The highest BCUT2D eigenvalue weighted by molar-refractivity contribution is 6.31. The van der Waals surface area contributed by atoms with Crippen molar-refractivity contribution in [3.05, 3.63) is 88.7 Å². The molecule has 1 fully saturated rings. The van der Waals surface area contributed by atoms with Crippen LogP contribution in [0.3, 0.4) is 0 Å². The van der Waals surface area contributed by atoms with E-state index in [1.807, 2.05) is 24.3 Å². The van der Waals surface area contributed by atoms with Crippen molar-refractivity contribution < 1.29 is 13.9 Å². The summed E-state index contributed by atoms with van der Waals surface area (Å²) in [7, 11) is 3.66. The van der Waals surface area contributed by atoms with Crippen LogP contribution in [0.2, 0.25) is 5.02 Å². The molecule has 7 nitrogen and oxygen atoms in total. The molecule has 0 atom stereocenters. The number of halogens is 2. The second-order valence-corrected chi connectivity index (χ2v) is 9.46. The van der Waals surface area contributed by atoms with Crippen LogP contribution in [0.5, 0.6) is 5.75 Å². The summed E-state index contributed by atoms with van der Waals surface area (Å²) in [5.41, 5.74) is 3.67. The number of nitrogens with zero attached hydrogens (tertiary/aromatic N) is 4. The molecule has 4 rings (SSSR count). The van der Waals surface area contributed by atoms with E-state index >= 15 is 4.39 Å². The number of piperazine rings is 1. The van der Waals surface area contributed by atoms with E-state index in [0.717, 1.165) is 31.7 Å². The summed E-state index contributed by atoms with van der Waals surface area (Å²) in [5.74, 6) is 0.604. The van der Waals surface area contributed by atoms with Gasteiger partial charge in [0.15, 0.2) is 0 Å². The molecule has 0 saturated carbocycles. The fraction of sp³-hybridized carbons (Fsp3) is 0.321. The zero-order chi connectivity index (χ0) is 26.4. The average Bonchev–Trinajstić information content (AvgIpc) is 2.90. The lowest BCUT2D eigenvalue weighted by Gasteiger charge is -2.34. The number of carbonyl (C=O) groups excluding carboxylic acids is 1. The Labute approximate surface area is 221 Å². The van der Waals surface area contributed by atoms with Gasteiger partial charge in [-0.2, -0.15) is 0 Å². The molecule has 0 radical (unpaired) electrons. The zero-order valence-electron chi connectivity index (χ0n) is 21.1. The summed E-state index contributed by atoms with van der Waals surface area (Å²) in [6.07, 6.45) is 4.39. The van der Waals surface area contributed by atoms with Crippen LogP contribution in [0.25, 0.3) is 0 Å². The Bertz CT molecular complexity index is 1280. The minimum Gasteiger partial charge on any atom is -0.496 e. The van der Waals surface area contributed by atoms with Gasteiger partial charge in [-0.05, 0) is 49.7 Å². The number of hydrogen-bond donors (Lipinski definition) is 1. The highest BCUT2D eigenvalue weighted by Gasteiger charge is 2.20. The first-order valence-electron chi connectivity index (χ1n) is 12.2. The summed E-state index contributed by atoms with van der Waals surface area (Å²) >= 11 is 6.40. The number of carbonyl (C=O) groups is 1. The number of ether oxygens (including phenoxy) is 1. The number of rotatable bonds is 9. The van der Waals surface area contributed by atoms with Crippen molar-refractivity contribution >= 4 is 28.9 Å². The van der Waals surface area contributed by atoms with Gasteiger partial charge in [0, 0.05) is 56.1 Å². The molecule has 1 saturated heterocycles. The smallest absolute Gasteiger partial charge is 0.247 e. The van der Waals surface area contributed by atoms with Crippen LogP contribution in [-0.2, 0) is 24.1 Å². The second kappa shape index (κ2) is 12.2. The van der Waals surface area contributed by atoms with Gasteiger partial charge in [0.1, 0.15) is 17.4 Å². The normalized spacial score (nSPS) is 13.9. The minimum absolute atomic E-state index is 0.260. The lowest BCUT2D eigenvalue weighted by atomic mass is 10.1. The summed E-state index contributed by atoms with van der Waals surface area (Å²) in [6.45, 7) is 6.78. The van der Waals surface area contributed by atoms with Gasteiger partial charge in [-0.3, -0.25) is 4.79 Å². The first kappa shape index (κ1) is 26.6. The lowest BCUT2D eigenvalue weighted by Crippen LogP contribution is -2.44. The van der Waals surface area contributed by atoms with Gasteiger partial charge < -0.3 is 19.9 Å². The van der Waals surface area contributed by atoms with E-state index < -0.39 is 0 Å². The van der Waals surface area contributed by atoms with Crippen LogP contribution in [0.4, 0.5) is 15.8 Å². The Hall–Kier alpha value is -3.49. The number of aromatic nitrogens is 2. The van der Waals surface area contributed by atoms with Crippen molar-refractivity contribution in [1.82, 2.24) is 14.9 Å². The van der Waals surface area contributed by atoms with E-state index in [0.29, 0.717) is 58.5 Å². The van der Waals surface area contributed by atoms with E-state index in [-0.39, 0.29) is 11.7 Å². The van der Waals surface area contributed by atoms with Gasteiger partial charge in [-0.1, -0.05) is 30.3 Å². The third-order valence-electron chi connectivity index (χ3n) is 6.44. The zero-order valence-corrected chi connectivity index (χ0v) is 21.9. The highest BCUT2D eigenvalue weighted by atomic mass is 35.5. The quantitative estimate of drug-likeness (QED) is 0.416. The molecule has 3 aromatic rings. The number of anilines is 2. The summed E-state index contributed by atoms with van der Waals surface area (Å²) in [6, 6.07) is 10.9. The fourth-order valence-corrected chi connectivity index (χ4v) is 4.52. The van der Waals surface area contributed by atoms with Crippen molar-refractivity contribution in [2.24, 2.45) is 0 Å². The van der Waals surface area contributed by atoms with Gasteiger partial charge in [0.05, 0.1) is 23.5 Å². The molecule has 37 heavy (non-hydrogen) atoms. The Kier molecular flexibility index (Phi) is 8.74. The summed E-state index contributed by atoms with van der Waals surface area (Å²) in [4.78, 5) is 24.9. The average molecular weight is 524 g/mol. The Morgan fingerprint density at radius 1 is 1.22 bits per heavy atom. The van der Waals surface area contributed by atoms with Crippen molar-refractivity contribution in [3.63, 3.8) is 0 Å². The molecule has 1 aliphatic heterocycles. The molecule has 9 heteroatoms. The van der Waals surface area contributed by atoms with E-state index in [2.05, 4.69) is 38.7 Å². The SMILES string of the molecule is C=CC(=O)Nc1cccc(CCc2nc(Cc3cc(F)c(N4CCN(C)CC4)cc3OC)ncc2Cl)c1. The number of hydrogen-bond acceptors (Lipinski definition) is 6. The molecule has 1 aliphatic rings. The molecule has 0 spiro atoms. The molecule has 2 aromatic carbocycles. The molecular formula is C28H31ClFN5O2. The van der Waals surface area contributed by atoms with Crippen molar-refractivity contribution in [2.45, 2.75) is 19.3 Å². The number of aryl methyl sites for hydroxylation is 2. The predicted molar refractivity (Wildman–Crippen MR) is 145 cm³/mol. The first-order chi connectivity index (χ1) is 17.9. The maximum Gasteiger partial charge on any atom is 0.247 e. The first-order valence-corrected chi connectivity index (χ1v) is 12.6. The van der Waals surface area contributed by atoms with Gasteiger partial charge in [0.2, 0.25) is 5.91 Å². The molecular weight excluding hydrogens is 493 g/mol. The number of amides is 1. The standard InChI is InChI=1S/C28H31ClFN5O2/c1-4-28(36)32-21-7-5-6-19(14-21)8-9-24-22(29)18-31-27(33-24)16-20-15-23(30)25(17-26(20)37-3)35-12-10-34(2)11-13-35/h4-7,14-15,17-18H,1,8-13,16H2,2-3H3,(H,32,36). The van der Waals surface area contributed by atoms with Crippen LogP contribution in [0.1, 0.15) is 22.6 Å². The van der Waals surface area contributed by atoms with E-state index in [4.69, 9.17) is 16.3 Å². The minimum atomic E-state index is -0.280. The molecule has 0 unspecified atom stereocenters. The largest absolute Gasteiger partial charge is 0.496 e. The lowest BCUT2D eigenvalue weighted by molar-refractivity contribution is -0.111. The topological polar surface area (TPSA) is 70.6 Å². The summed E-state index contributed by atoms with van der Waals surface area (Å²) in [5, 5.41) is 3.24. The summed E-state index contributed by atoms with van der Waals surface area (Å²) < 4.78 is 20.7. The Morgan fingerprint density at radius 3 is 2.73 bits per heavy atom. The highest BCUT2D eigenvalue weighted by Crippen LogP contribution is 2.31. The maximum atomic E-state index is 15.1. The third-order valence-corrected chi connectivity index (χ3v) is 6.76. The van der Waals surface area contributed by atoms with Crippen molar-refractivity contribution in [1.29, 1.82) is 0 Å². The molecule has 1 N–H and O–H groups in total. The number of likely N-dealkylation sites (N-methyl/N-ethyl adjacent to an activating group) is 1. The van der Waals surface area contributed by atoms with Crippen LogP contribution < -0.4 is 15.0 Å². The molecule has 2 heterocycles. The maximum absolute atomic E-state index is 15.1. The van der Waals surface area contributed by atoms with E-state index in [1.165, 1.54) is 12.1 Å². The Morgan fingerprint density at radius 2 is 2.00 bits per heavy atom. The van der Waals surface area contributed by atoms with Gasteiger partial charge >= 0.3 is 0 Å². The third kappa shape index (κ3) is 6.84. The number of nitrogens with one attached hydrogen (secondary N) is 1. The van der Waals surface area contributed by atoms with Gasteiger partial charge in [-0.25, -0.2) is 14.4 Å². The second-order valence-electron chi connectivity index (χ2n) is 9.06. The van der Waals surface area contributed by atoms with Crippen LogP contribution in [0.15, 0.2) is 55.3 Å². The number of methoxy groups -OCH3 is 1. The molecule has 194 valence electrons. The number of benzene rings is 2. The van der Waals surface area contributed by atoms with Gasteiger partial charge in [0.25, 0.3) is 0 Å². The van der Waals surface area contributed by atoms with E-state index in [1.54, 1.807) is 19.4 Å². The molecule has 0 bridgehead atoms. The van der Waals surface area contributed by atoms with Crippen LogP contribution in [0, 0.1) is 5.82 Å². The Balaban J connectivity index is 1.48. The van der Waals surface area contributed by atoms with Crippen LogP contribution in [-0.4, -0.2) is 61.1 Å². The van der Waals surface area contributed by atoms with Crippen molar-refractivity contribution in [3.8, 4) is 5.75 Å². The van der Waals surface area contributed by atoms with Gasteiger partial charge in [-0.15, -0.1) is 0 Å². The van der Waals surface area contributed by atoms with Crippen LogP contribution >= 0.6 is 11.6 Å².